The monoisotopic (exact) mass is 297 g/mol. The highest BCUT2D eigenvalue weighted by atomic mass is 16.2. The number of carbonyl (C=O) groups is 3. The molecular formula is C16H15N3O3. The summed E-state index contributed by atoms with van der Waals surface area (Å²) in [5.74, 6) is -1.06. The van der Waals surface area contributed by atoms with Gasteiger partial charge in [0.2, 0.25) is 5.91 Å². The fourth-order valence-corrected chi connectivity index (χ4v) is 3.06. The molecule has 0 aromatic heterocycles. The van der Waals surface area contributed by atoms with Crippen molar-refractivity contribution in [1.82, 2.24) is 4.90 Å². The molecule has 1 heterocycles. The van der Waals surface area contributed by atoms with Gasteiger partial charge in [-0.15, -0.1) is 0 Å². The smallest absolute Gasteiger partial charge is 0.261 e. The lowest BCUT2D eigenvalue weighted by molar-refractivity contribution is -0.122. The van der Waals surface area contributed by atoms with E-state index in [1.54, 1.807) is 6.07 Å². The van der Waals surface area contributed by atoms with Crippen molar-refractivity contribution in [2.45, 2.75) is 25.7 Å². The first-order valence-corrected chi connectivity index (χ1v) is 7.18. The molecule has 0 spiro atoms. The molecule has 1 aromatic rings. The molecule has 1 saturated carbocycles. The Labute approximate surface area is 127 Å². The second-order valence-corrected chi connectivity index (χ2v) is 5.78. The third-order valence-corrected chi connectivity index (χ3v) is 4.45. The Hall–Kier alpha value is -2.68. The second-order valence-electron chi connectivity index (χ2n) is 5.78. The molecule has 1 aliphatic heterocycles. The van der Waals surface area contributed by atoms with Gasteiger partial charge in [0.25, 0.3) is 11.8 Å². The molecule has 6 heteroatoms. The minimum absolute atomic E-state index is 0.280. The van der Waals surface area contributed by atoms with Crippen molar-refractivity contribution < 1.29 is 14.4 Å². The van der Waals surface area contributed by atoms with E-state index in [-0.39, 0.29) is 23.3 Å². The van der Waals surface area contributed by atoms with Crippen LogP contribution >= 0.6 is 0 Å². The van der Waals surface area contributed by atoms with Gasteiger partial charge in [-0.3, -0.25) is 19.3 Å². The van der Waals surface area contributed by atoms with Crippen LogP contribution < -0.4 is 5.32 Å². The molecule has 2 aliphatic rings. The predicted octanol–water partition coefficient (Wildman–Crippen LogP) is 1.93. The fraction of sp³-hybridized carbons (Fsp3) is 0.375. The number of hydrogen-bond acceptors (Lipinski definition) is 4. The van der Waals surface area contributed by atoms with Crippen LogP contribution in [0.1, 0.15) is 46.4 Å². The van der Waals surface area contributed by atoms with Crippen LogP contribution in [0.2, 0.25) is 0 Å². The van der Waals surface area contributed by atoms with Crippen molar-refractivity contribution in [2.75, 3.05) is 12.4 Å². The number of imide groups is 1. The molecule has 0 radical (unpaired) electrons. The molecule has 3 rings (SSSR count). The molecule has 0 saturated heterocycles. The van der Waals surface area contributed by atoms with E-state index in [2.05, 4.69) is 11.4 Å². The van der Waals surface area contributed by atoms with Crippen LogP contribution in [0.15, 0.2) is 18.2 Å². The molecule has 1 aliphatic carbocycles. The number of anilines is 1. The number of nitrogens with one attached hydrogen (secondary N) is 1. The minimum Gasteiger partial charge on any atom is -0.325 e. The zero-order valence-electron chi connectivity index (χ0n) is 12.2. The molecular weight excluding hydrogens is 282 g/mol. The van der Waals surface area contributed by atoms with Gasteiger partial charge in [-0.25, -0.2) is 0 Å². The van der Waals surface area contributed by atoms with Crippen LogP contribution in [-0.2, 0) is 4.79 Å². The molecule has 0 bridgehead atoms. The van der Waals surface area contributed by atoms with E-state index >= 15 is 0 Å². The molecule has 22 heavy (non-hydrogen) atoms. The van der Waals surface area contributed by atoms with Crippen LogP contribution in [0.25, 0.3) is 0 Å². The van der Waals surface area contributed by atoms with Crippen molar-refractivity contribution >= 4 is 23.4 Å². The third kappa shape index (κ3) is 1.98. The van der Waals surface area contributed by atoms with Crippen molar-refractivity contribution in [3.63, 3.8) is 0 Å². The summed E-state index contributed by atoms with van der Waals surface area (Å²) in [6.45, 7) is 0. The molecule has 0 atom stereocenters. The Morgan fingerprint density at radius 3 is 2.50 bits per heavy atom. The van der Waals surface area contributed by atoms with Gasteiger partial charge in [0.15, 0.2) is 0 Å². The number of fused-ring (bicyclic) bond motifs is 1. The quantitative estimate of drug-likeness (QED) is 0.844. The summed E-state index contributed by atoms with van der Waals surface area (Å²) in [6, 6.07) is 6.74. The number of nitrogens with zero attached hydrogens (tertiary/aromatic N) is 2. The Morgan fingerprint density at radius 2 is 1.86 bits per heavy atom. The van der Waals surface area contributed by atoms with Crippen LogP contribution in [0.3, 0.4) is 0 Å². The first kappa shape index (κ1) is 14.3. The van der Waals surface area contributed by atoms with Crippen LogP contribution in [0, 0.1) is 16.7 Å². The summed E-state index contributed by atoms with van der Waals surface area (Å²) in [5.41, 5.74) is 0.0705. The molecule has 1 N–H and O–H groups in total. The topological polar surface area (TPSA) is 90.3 Å². The summed E-state index contributed by atoms with van der Waals surface area (Å²) in [5, 5.41) is 12.0. The summed E-state index contributed by atoms with van der Waals surface area (Å²) < 4.78 is 0. The molecule has 112 valence electrons. The van der Waals surface area contributed by atoms with Gasteiger partial charge in [0.05, 0.1) is 17.2 Å². The Balaban J connectivity index is 1.87. The maximum Gasteiger partial charge on any atom is 0.261 e. The van der Waals surface area contributed by atoms with Gasteiger partial charge in [-0.2, -0.15) is 5.26 Å². The lowest BCUT2D eigenvalue weighted by Crippen LogP contribution is -2.32. The number of benzene rings is 1. The average molecular weight is 297 g/mol. The van der Waals surface area contributed by atoms with Crippen molar-refractivity contribution in [3.8, 4) is 6.07 Å². The summed E-state index contributed by atoms with van der Waals surface area (Å²) in [4.78, 5) is 37.2. The molecule has 3 amide bonds. The van der Waals surface area contributed by atoms with E-state index in [0.717, 1.165) is 17.7 Å². The summed E-state index contributed by atoms with van der Waals surface area (Å²) >= 11 is 0. The van der Waals surface area contributed by atoms with Crippen LogP contribution in [0.4, 0.5) is 5.69 Å². The standard InChI is InChI=1S/C16H15N3O3/c1-19-13(20)11-5-4-10(8-12(11)14(19)21)18-15(22)16(9-17)6-2-3-7-16/h4-5,8H,2-3,6-7H2,1H3,(H,18,22). The molecule has 0 unspecified atom stereocenters. The number of amides is 3. The zero-order valence-corrected chi connectivity index (χ0v) is 12.2. The molecule has 6 nitrogen and oxygen atoms in total. The maximum absolute atomic E-state index is 12.4. The van der Waals surface area contributed by atoms with Crippen molar-refractivity contribution in [1.29, 1.82) is 5.26 Å². The van der Waals surface area contributed by atoms with Gasteiger partial charge >= 0.3 is 0 Å². The Kier molecular flexibility index (Phi) is 3.21. The van der Waals surface area contributed by atoms with E-state index in [1.807, 2.05) is 0 Å². The van der Waals surface area contributed by atoms with E-state index < -0.39 is 5.41 Å². The van der Waals surface area contributed by atoms with Gasteiger partial charge in [0, 0.05) is 12.7 Å². The number of rotatable bonds is 2. The van der Waals surface area contributed by atoms with Crippen LogP contribution in [-0.4, -0.2) is 29.7 Å². The second kappa shape index (κ2) is 4.95. The van der Waals surface area contributed by atoms with Gasteiger partial charge in [0.1, 0.15) is 5.41 Å². The third-order valence-electron chi connectivity index (χ3n) is 4.45. The van der Waals surface area contributed by atoms with Gasteiger partial charge < -0.3 is 5.32 Å². The van der Waals surface area contributed by atoms with Crippen LogP contribution in [0.5, 0.6) is 0 Å². The molecule has 1 aromatic carbocycles. The SMILES string of the molecule is CN1C(=O)c2ccc(NC(=O)C3(C#N)CCCC3)cc2C1=O. The lowest BCUT2D eigenvalue weighted by Gasteiger charge is -2.19. The van der Waals surface area contributed by atoms with E-state index in [4.69, 9.17) is 0 Å². The van der Waals surface area contributed by atoms with E-state index in [0.29, 0.717) is 24.1 Å². The van der Waals surface area contributed by atoms with E-state index in [9.17, 15) is 19.6 Å². The Morgan fingerprint density at radius 1 is 1.23 bits per heavy atom. The number of hydrogen-bond donors (Lipinski definition) is 1. The van der Waals surface area contributed by atoms with Crippen molar-refractivity contribution in [2.24, 2.45) is 5.41 Å². The largest absolute Gasteiger partial charge is 0.325 e. The molecule has 1 fully saturated rings. The highest BCUT2D eigenvalue weighted by Gasteiger charge is 2.41. The van der Waals surface area contributed by atoms with Crippen molar-refractivity contribution in [3.05, 3.63) is 29.3 Å². The lowest BCUT2D eigenvalue weighted by atomic mass is 9.87. The average Bonchev–Trinajstić information content (AvgIpc) is 3.09. The maximum atomic E-state index is 12.4. The zero-order chi connectivity index (χ0) is 15.9. The fourth-order valence-electron chi connectivity index (χ4n) is 3.06. The minimum atomic E-state index is -0.977. The Bertz CT molecular complexity index is 727. The highest BCUT2D eigenvalue weighted by Crippen LogP contribution is 2.38. The summed E-state index contributed by atoms with van der Waals surface area (Å²) in [7, 11) is 1.42. The van der Waals surface area contributed by atoms with E-state index in [1.165, 1.54) is 19.2 Å². The predicted molar refractivity (Wildman–Crippen MR) is 78.0 cm³/mol. The first-order chi connectivity index (χ1) is 10.5. The highest BCUT2D eigenvalue weighted by molar-refractivity contribution is 6.21. The van der Waals surface area contributed by atoms with Gasteiger partial charge in [-0.1, -0.05) is 12.8 Å². The van der Waals surface area contributed by atoms with Gasteiger partial charge in [-0.05, 0) is 31.0 Å². The summed E-state index contributed by atoms with van der Waals surface area (Å²) in [6.07, 6.45) is 2.84. The number of carbonyl (C=O) groups excluding carboxylic acids is 3. The first-order valence-electron chi connectivity index (χ1n) is 7.18. The number of nitriles is 1. The normalized spacial score (nSPS) is 19.0.